The van der Waals surface area contributed by atoms with E-state index >= 15 is 0 Å². The summed E-state index contributed by atoms with van der Waals surface area (Å²) in [4.78, 5) is 0. The molecule has 3 unspecified atom stereocenters. The molecule has 0 radical (unpaired) electrons. The highest BCUT2D eigenvalue weighted by Gasteiger charge is 2.51. The van der Waals surface area contributed by atoms with E-state index in [-0.39, 0.29) is 5.41 Å². The maximum Gasteiger partial charge on any atom is 0.0771 e. The molecule has 20 heavy (non-hydrogen) atoms. The Morgan fingerprint density at radius 3 is 2.45 bits per heavy atom. The van der Waals surface area contributed by atoms with Crippen molar-refractivity contribution < 1.29 is 9.84 Å². The molecule has 0 aromatic carbocycles. The number of nitrogens with one attached hydrogen (secondary N) is 1. The van der Waals surface area contributed by atoms with Crippen molar-refractivity contribution in [2.45, 2.75) is 84.0 Å². The lowest BCUT2D eigenvalue weighted by Gasteiger charge is -2.54. The van der Waals surface area contributed by atoms with Crippen LogP contribution >= 0.6 is 0 Å². The van der Waals surface area contributed by atoms with Gasteiger partial charge in [-0.3, -0.25) is 0 Å². The van der Waals surface area contributed by atoms with E-state index in [4.69, 9.17) is 4.74 Å². The summed E-state index contributed by atoms with van der Waals surface area (Å²) in [5, 5.41) is 14.3. The minimum absolute atomic E-state index is 0.230. The van der Waals surface area contributed by atoms with Crippen LogP contribution in [0, 0.1) is 11.3 Å². The lowest BCUT2D eigenvalue weighted by atomic mass is 9.61. The third kappa shape index (κ3) is 3.20. The highest BCUT2D eigenvalue weighted by atomic mass is 16.5. The molecule has 2 fully saturated rings. The monoisotopic (exact) mass is 283 g/mol. The van der Waals surface area contributed by atoms with E-state index in [2.05, 4.69) is 33.0 Å². The molecule has 0 spiro atoms. The summed E-state index contributed by atoms with van der Waals surface area (Å²) in [7, 11) is 0. The van der Waals surface area contributed by atoms with Gasteiger partial charge in [-0.05, 0) is 51.4 Å². The Kier molecular flexibility index (Phi) is 5.14. The first-order chi connectivity index (χ1) is 9.43. The number of ether oxygens (including phenoxy) is 1. The molecule has 0 saturated heterocycles. The van der Waals surface area contributed by atoms with Crippen LogP contribution in [0.2, 0.25) is 0 Å². The van der Waals surface area contributed by atoms with Gasteiger partial charge in [0.1, 0.15) is 0 Å². The van der Waals surface area contributed by atoms with Gasteiger partial charge in [-0.25, -0.2) is 0 Å². The second-order valence-corrected chi connectivity index (χ2v) is 7.38. The van der Waals surface area contributed by atoms with Crippen molar-refractivity contribution in [3.05, 3.63) is 0 Å². The first kappa shape index (κ1) is 16.3. The Morgan fingerprint density at radius 2 is 1.90 bits per heavy atom. The molecule has 2 aliphatic rings. The normalized spacial score (nSPS) is 45.1. The summed E-state index contributed by atoms with van der Waals surface area (Å²) in [5.74, 6) is 0.780. The summed E-state index contributed by atoms with van der Waals surface area (Å²) in [6, 6.07) is 0.493. The molecule has 0 aliphatic heterocycles. The van der Waals surface area contributed by atoms with Crippen molar-refractivity contribution in [1.29, 1.82) is 0 Å². The van der Waals surface area contributed by atoms with E-state index in [1.165, 1.54) is 0 Å². The summed E-state index contributed by atoms with van der Waals surface area (Å²) in [6.07, 6.45) is 6.83. The van der Waals surface area contributed by atoms with E-state index in [9.17, 15) is 5.11 Å². The molecule has 0 amide bonds. The Labute approximate surface area is 124 Å². The number of rotatable bonds is 6. The van der Waals surface area contributed by atoms with Gasteiger partial charge >= 0.3 is 0 Å². The molecule has 0 bridgehead atoms. The molecule has 2 saturated carbocycles. The van der Waals surface area contributed by atoms with Crippen LogP contribution in [0.3, 0.4) is 0 Å². The zero-order valence-corrected chi connectivity index (χ0v) is 13.7. The van der Waals surface area contributed by atoms with Gasteiger partial charge in [-0.15, -0.1) is 0 Å². The fourth-order valence-corrected chi connectivity index (χ4v) is 3.86. The standard InChI is InChI=1S/C17H33NO2/c1-5-16(4)14(11-15(16)20-6-2)18-12-17(19)9-7-13(3)8-10-17/h13-15,18-19H,5-12H2,1-4H3. The topological polar surface area (TPSA) is 41.5 Å². The largest absolute Gasteiger partial charge is 0.389 e. The molecular weight excluding hydrogens is 250 g/mol. The third-order valence-corrected chi connectivity index (χ3v) is 5.99. The Hall–Kier alpha value is -0.120. The van der Waals surface area contributed by atoms with Crippen LogP contribution in [-0.2, 0) is 4.74 Å². The minimum atomic E-state index is -0.474. The molecule has 3 nitrogen and oxygen atoms in total. The highest BCUT2D eigenvalue weighted by Crippen LogP contribution is 2.46. The van der Waals surface area contributed by atoms with Crippen molar-refractivity contribution in [2.75, 3.05) is 13.2 Å². The maximum absolute atomic E-state index is 10.7. The molecule has 0 aromatic heterocycles. The van der Waals surface area contributed by atoms with E-state index in [1.54, 1.807) is 0 Å². The summed E-state index contributed by atoms with van der Waals surface area (Å²) in [5.41, 5.74) is -0.244. The minimum Gasteiger partial charge on any atom is -0.389 e. The summed E-state index contributed by atoms with van der Waals surface area (Å²) in [6.45, 7) is 10.5. The van der Waals surface area contributed by atoms with Crippen molar-refractivity contribution in [3.8, 4) is 0 Å². The average molecular weight is 283 g/mol. The van der Waals surface area contributed by atoms with Crippen LogP contribution < -0.4 is 5.32 Å². The number of hydrogen-bond donors (Lipinski definition) is 2. The van der Waals surface area contributed by atoms with Gasteiger partial charge in [0.25, 0.3) is 0 Å². The lowest BCUT2D eigenvalue weighted by Crippen LogP contribution is -2.64. The van der Waals surface area contributed by atoms with E-state index in [0.717, 1.165) is 57.6 Å². The van der Waals surface area contributed by atoms with Crippen molar-refractivity contribution in [2.24, 2.45) is 11.3 Å². The first-order valence-corrected chi connectivity index (χ1v) is 8.51. The molecule has 3 atom stereocenters. The first-order valence-electron chi connectivity index (χ1n) is 8.51. The van der Waals surface area contributed by atoms with Gasteiger partial charge in [0.15, 0.2) is 0 Å². The lowest BCUT2D eigenvalue weighted by molar-refractivity contribution is -0.130. The van der Waals surface area contributed by atoms with Crippen LogP contribution in [0.15, 0.2) is 0 Å². The molecule has 118 valence electrons. The van der Waals surface area contributed by atoms with Crippen molar-refractivity contribution in [3.63, 3.8) is 0 Å². The van der Waals surface area contributed by atoms with Crippen LogP contribution in [0.25, 0.3) is 0 Å². The van der Waals surface area contributed by atoms with Gasteiger partial charge in [0, 0.05) is 24.6 Å². The van der Waals surface area contributed by atoms with Crippen LogP contribution in [-0.4, -0.2) is 36.0 Å². The number of hydrogen-bond acceptors (Lipinski definition) is 3. The predicted octanol–water partition coefficient (Wildman–Crippen LogP) is 3.11. The van der Waals surface area contributed by atoms with Crippen LogP contribution in [0.5, 0.6) is 0 Å². The Bertz CT molecular complexity index is 312. The summed E-state index contributed by atoms with van der Waals surface area (Å²) >= 11 is 0. The highest BCUT2D eigenvalue weighted by molar-refractivity contribution is 5.05. The Balaban J connectivity index is 1.82. The maximum atomic E-state index is 10.7. The number of aliphatic hydroxyl groups is 1. The third-order valence-electron chi connectivity index (χ3n) is 5.99. The van der Waals surface area contributed by atoms with Gasteiger partial charge in [-0.2, -0.15) is 0 Å². The SMILES string of the molecule is CCOC1CC(NCC2(O)CCC(C)CC2)C1(C)CC. The fourth-order valence-electron chi connectivity index (χ4n) is 3.86. The predicted molar refractivity (Wildman–Crippen MR) is 82.8 cm³/mol. The van der Waals surface area contributed by atoms with E-state index < -0.39 is 5.60 Å². The zero-order chi connectivity index (χ0) is 14.8. The van der Waals surface area contributed by atoms with Gasteiger partial charge in [0.2, 0.25) is 0 Å². The van der Waals surface area contributed by atoms with Gasteiger partial charge in [0.05, 0.1) is 11.7 Å². The Morgan fingerprint density at radius 1 is 1.25 bits per heavy atom. The quantitative estimate of drug-likeness (QED) is 0.787. The fraction of sp³-hybridized carbons (Fsp3) is 1.00. The molecular formula is C17H33NO2. The van der Waals surface area contributed by atoms with E-state index in [0.29, 0.717) is 12.1 Å². The summed E-state index contributed by atoms with van der Waals surface area (Å²) < 4.78 is 5.84. The van der Waals surface area contributed by atoms with Gasteiger partial charge < -0.3 is 15.2 Å². The van der Waals surface area contributed by atoms with Crippen LogP contribution in [0.4, 0.5) is 0 Å². The van der Waals surface area contributed by atoms with Crippen molar-refractivity contribution in [1.82, 2.24) is 5.32 Å². The second-order valence-electron chi connectivity index (χ2n) is 7.38. The van der Waals surface area contributed by atoms with E-state index in [1.807, 2.05) is 0 Å². The molecule has 0 heterocycles. The average Bonchev–Trinajstić information content (AvgIpc) is 2.44. The second kappa shape index (κ2) is 6.33. The molecule has 3 heteroatoms. The van der Waals surface area contributed by atoms with Gasteiger partial charge in [-0.1, -0.05) is 20.8 Å². The smallest absolute Gasteiger partial charge is 0.0771 e. The molecule has 2 aliphatic carbocycles. The molecule has 0 aromatic rings. The van der Waals surface area contributed by atoms with Crippen LogP contribution in [0.1, 0.15) is 66.2 Å². The molecule has 2 rings (SSSR count). The molecule has 2 N–H and O–H groups in total. The zero-order valence-electron chi connectivity index (χ0n) is 13.7. The van der Waals surface area contributed by atoms with Crippen molar-refractivity contribution >= 4 is 0 Å².